The van der Waals surface area contributed by atoms with E-state index >= 15 is 0 Å². The first-order chi connectivity index (χ1) is 10.3. The number of nitrogens with zero attached hydrogens (tertiary/aromatic N) is 1. The highest BCUT2D eigenvalue weighted by Gasteiger charge is 2.20. The van der Waals surface area contributed by atoms with Gasteiger partial charge in [0.1, 0.15) is 0 Å². The van der Waals surface area contributed by atoms with E-state index in [0.717, 1.165) is 42.9 Å². The Kier molecular flexibility index (Phi) is 4.28. The predicted molar refractivity (Wildman–Crippen MR) is 86.2 cm³/mol. The molecule has 0 aliphatic carbocycles. The Balaban J connectivity index is 1.68. The molecule has 3 nitrogen and oxygen atoms in total. The monoisotopic (exact) mass is 284 g/mol. The highest BCUT2D eigenvalue weighted by atomic mass is 16.2. The Morgan fingerprint density at radius 3 is 3.00 bits per heavy atom. The zero-order valence-electron chi connectivity index (χ0n) is 12.8. The van der Waals surface area contributed by atoms with Crippen LogP contribution < -0.4 is 0 Å². The van der Waals surface area contributed by atoms with Crippen molar-refractivity contribution in [1.82, 2.24) is 9.88 Å². The van der Waals surface area contributed by atoms with Crippen LogP contribution in [-0.4, -0.2) is 28.9 Å². The second-order valence-electron chi connectivity index (χ2n) is 6.12. The van der Waals surface area contributed by atoms with E-state index in [9.17, 15) is 4.79 Å². The van der Waals surface area contributed by atoms with E-state index < -0.39 is 0 Å². The molecule has 21 heavy (non-hydrogen) atoms. The molecule has 0 spiro atoms. The average Bonchev–Trinajstić information content (AvgIpc) is 2.76. The highest BCUT2D eigenvalue weighted by molar-refractivity contribution is 5.88. The number of carbonyl (C=O) groups excluding carboxylic acids is 1. The number of likely N-dealkylation sites (tertiary alicyclic amines) is 1. The van der Waals surface area contributed by atoms with E-state index in [1.165, 1.54) is 18.2 Å². The fourth-order valence-electron chi connectivity index (χ4n) is 3.38. The van der Waals surface area contributed by atoms with Crippen molar-refractivity contribution in [2.45, 2.75) is 39.0 Å². The minimum Gasteiger partial charge on any atom is -0.361 e. The van der Waals surface area contributed by atoms with Crippen LogP contribution in [0, 0.1) is 5.92 Å². The molecule has 1 aromatic heterocycles. The first kappa shape index (κ1) is 14.2. The highest BCUT2D eigenvalue weighted by Crippen LogP contribution is 2.22. The van der Waals surface area contributed by atoms with Gasteiger partial charge in [0.05, 0.1) is 6.42 Å². The molecular weight excluding hydrogens is 260 g/mol. The zero-order chi connectivity index (χ0) is 14.7. The number of fused-ring (bicyclic) bond motifs is 1. The summed E-state index contributed by atoms with van der Waals surface area (Å²) in [4.78, 5) is 17.9. The number of benzene rings is 1. The van der Waals surface area contributed by atoms with Crippen LogP contribution in [0.3, 0.4) is 0 Å². The van der Waals surface area contributed by atoms with Crippen LogP contribution in [0.5, 0.6) is 0 Å². The van der Waals surface area contributed by atoms with Crippen molar-refractivity contribution in [3.63, 3.8) is 0 Å². The maximum Gasteiger partial charge on any atom is 0.227 e. The summed E-state index contributed by atoms with van der Waals surface area (Å²) in [5.74, 6) is 1.08. The fourth-order valence-corrected chi connectivity index (χ4v) is 3.38. The van der Waals surface area contributed by atoms with Gasteiger partial charge in [0.25, 0.3) is 0 Å². The van der Waals surface area contributed by atoms with Gasteiger partial charge in [0, 0.05) is 30.2 Å². The lowest BCUT2D eigenvalue weighted by Gasteiger charge is -2.20. The molecular formula is C18H24N2O. The Bertz CT molecular complexity index is 616. The van der Waals surface area contributed by atoms with Crippen LogP contribution in [0.25, 0.3) is 10.9 Å². The van der Waals surface area contributed by atoms with E-state index in [1.54, 1.807) is 0 Å². The molecule has 1 saturated heterocycles. The fraction of sp³-hybridized carbons (Fsp3) is 0.500. The molecule has 0 bridgehead atoms. The Labute approximate surface area is 126 Å². The number of carbonyl (C=O) groups is 1. The molecule has 1 aliphatic rings. The molecule has 1 atom stereocenters. The van der Waals surface area contributed by atoms with Gasteiger partial charge in [-0.3, -0.25) is 4.79 Å². The van der Waals surface area contributed by atoms with Gasteiger partial charge in [-0.1, -0.05) is 31.5 Å². The number of aromatic amines is 1. The number of amides is 1. The third-order valence-electron chi connectivity index (χ3n) is 4.79. The number of aromatic nitrogens is 1. The van der Waals surface area contributed by atoms with Crippen molar-refractivity contribution in [2.24, 2.45) is 5.92 Å². The van der Waals surface area contributed by atoms with Gasteiger partial charge in [0.2, 0.25) is 5.91 Å². The molecule has 2 aromatic rings. The van der Waals surface area contributed by atoms with Crippen LogP contribution in [0.4, 0.5) is 0 Å². The standard InChI is InChI=1S/C18H24N2O/c1-2-14-6-5-10-20(11-9-14)18(21)12-15-13-19-17-8-4-3-7-16(15)17/h3-4,7-8,13-14,19H,2,5-6,9-12H2,1H3. The number of hydrogen-bond acceptors (Lipinski definition) is 1. The molecule has 1 N–H and O–H groups in total. The Hall–Kier alpha value is -1.77. The summed E-state index contributed by atoms with van der Waals surface area (Å²) >= 11 is 0. The van der Waals surface area contributed by atoms with Crippen molar-refractivity contribution >= 4 is 16.8 Å². The van der Waals surface area contributed by atoms with E-state index in [1.807, 2.05) is 18.3 Å². The SMILES string of the molecule is CCC1CCCN(C(=O)Cc2c[nH]c3ccccc23)CC1. The number of nitrogens with one attached hydrogen (secondary N) is 1. The van der Waals surface area contributed by atoms with Crippen molar-refractivity contribution < 1.29 is 4.79 Å². The Morgan fingerprint density at radius 2 is 2.14 bits per heavy atom. The summed E-state index contributed by atoms with van der Waals surface area (Å²) < 4.78 is 0. The van der Waals surface area contributed by atoms with Gasteiger partial charge in [-0.2, -0.15) is 0 Å². The normalized spacial score (nSPS) is 19.7. The van der Waals surface area contributed by atoms with Gasteiger partial charge in [-0.25, -0.2) is 0 Å². The molecule has 1 aromatic carbocycles. The van der Waals surface area contributed by atoms with Crippen molar-refractivity contribution in [1.29, 1.82) is 0 Å². The van der Waals surface area contributed by atoms with E-state index in [0.29, 0.717) is 6.42 Å². The number of H-pyrrole nitrogens is 1. The van der Waals surface area contributed by atoms with Crippen LogP contribution in [0.1, 0.15) is 38.2 Å². The first-order valence-electron chi connectivity index (χ1n) is 8.10. The quantitative estimate of drug-likeness (QED) is 0.915. The van der Waals surface area contributed by atoms with E-state index in [4.69, 9.17) is 0 Å². The molecule has 0 radical (unpaired) electrons. The molecule has 2 heterocycles. The van der Waals surface area contributed by atoms with Crippen molar-refractivity contribution in [2.75, 3.05) is 13.1 Å². The summed E-state index contributed by atoms with van der Waals surface area (Å²) in [7, 11) is 0. The molecule has 1 unspecified atom stereocenters. The zero-order valence-corrected chi connectivity index (χ0v) is 12.8. The average molecular weight is 284 g/mol. The van der Waals surface area contributed by atoms with Gasteiger partial charge >= 0.3 is 0 Å². The summed E-state index contributed by atoms with van der Waals surface area (Å²) in [5.41, 5.74) is 2.23. The van der Waals surface area contributed by atoms with Gasteiger partial charge in [-0.15, -0.1) is 0 Å². The number of para-hydroxylation sites is 1. The molecule has 112 valence electrons. The van der Waals surface area contributed by atoms with Crippen LogP contribution in [0.15, 0.2) is 30.5 Å². The minimum atomic E-state index is 0.275. The van der Waals surface area contributed by atoms with Crippen LogP contribution in [0.2, 0.25) is 0 Å². The maximum absolute atomic E-state index is 12.6. The van der Waals surface area contributed by atoms with E-state index in [2.05, 4.69) is 28.9 Å². The Morgan fingerprint density at radius 1 is 1.29 bits per heavy atom. The topological polar surface area (TPSA) is 36.1 Å². The van der Waals surface area contributed by atoms with Crippen LogP contribution in [-0.2, 0) is 11.2 Å². The molecule has 0 saturated carbocycles. The maximum atomic E-state index is 12.6. The minimum absolute atomic E-state index is 0.275. The van der Waals surface area contributed by atoms with Crippen molar-refractivity contribution in [3.05, 3.63) is 36.0 Å². The van der Waals surface area contributed by atoms with Crippen LogP contribution >= 0.6 is 0 Å². The number of rotatable bonds is 3. The summed E-state index contributed by atoms with van der Waals surface area (Å²) in [6.07, 6.45) is 7.32. The second kappa shape index (κ2) is 6.33. The van der Waals surface area contributed by atoms with Gasteiger partial charge in [0.15, 0.2) is 0 Å². The number of hydrogen-bond donors (Lipinski definition) is 1. The second-order valence-corrected chi connectivity index (χ2v) is 6.12. The molecule has 1 amide bonds. The third kappa shape index (κ3) is 3.12. The lowest BCUT2D eigenvalue weighted by molar-refractivity contribution is -0.130. The van der Waals surface area contributed by atoms with E-state index in [-0.39, 0.29) is 5.91 Å². The lowest BCUT2D eigenvalue weighted by Crippen LogP contribution is -2.33. The van der Waals surface area contributed by atoms with Gasteiger partial charge in [-0.05, 0) is 36.8 Å². The summed E-state index contributed by atoms with van der Waals surface area (Å²) in [6, 6.07) is 8.19. The summed E-state index contributed by atoms with van der Waals surface area (Å²) in [6.45, 7) is 4.12. The molecule has 3 rings (SSSR count). The first-order valence-corrected chi connectivity index (χ1v) is 8.10. The predicted octanol–water partition coefficient (Wildman–Crippen LogP) is 3.75. The smallest absolute Gasteiger partial charge is 0.227 e. The third-order valence-corrected chi connectivity index (χ3v) is 4.79. The molecule has 1 aliphatic heterocycles. The molecule has 1 fully saturated rings. The lowest BCUT2D eigenvalue weighted by atomic mass is 9.98. The van der Waals surface area contributed by atoms with Crippen molar-refractivity contribution in [3.8, 4) is 0 Å². The molecule has 3 heteroatoms. The largest absolute Gasteiger partial charge is 0.361 e. The van der Waals surface area contributed by atoms with Gasteiger partial charge < -0.3 is 9.88 Å². The summed E-state index contributed by atoms with van der Waals surface area (Å²) in [5, 5.41) is 1.17.